The number of likely N-dealkylation sites (tertiary alicyclic amines) is 2. The lowest BCUT2D eigenvalue weighted by Crippen LogP contribution is -2.49. The largest absolute Gasteiger partial charge is 0.446 e. The van der Waals surface area contributed by atoms with Crippen LogP contribution in [0.1, 0.15) is 108 Å². The molecule has 0 aromatic heterocycles. The fraction of sp³-hybridized carbons (Fsp3) is 0.458. The molecule has 400 valence electrons. The Balaban J connectivity index is 0.000000243. The summed E-state index contributed by atoms with van der Waals surface area (Å²) in [6, 6.07) is 39.0. The number of amides is 2. The molecule has 74 heavy (non-hydrogen) atoms. The predicted octanol–water partition coefficient (Wildman–Crippen LogP) is 16.2. The summed E-state index contributed by atoms with van der Waals surface area (Å²) < 4.78 is 46.5. The number of nitrogens with one attached hydrogen (secondary N) is 1. The number of nitrogens with zero attached hydrogens (tertiary/aromatic N) is 3. The molecule has 2 amide bonds. The van der Waals surface area contributed by atoms with Crippen molar-refractivity contribution in [3.8, 4) is 11.1 Å². The summed E-state index contributed by atoms with van der Waals surface area (Å²) in [6.07, 6.45) is 11.7. The Morgan fingerprint density at radius 1 is 0.770 bits per heavy atom. The maximum atomic E-state index is 12.8. The van der Waals surface area contributed by atoms with Crippen molar-refractivity contribution in [2.75, 3.05) is 62.2 Å². The molecule has 0 bridgehead atoms. The van der Waals surface area contributed by atoms with Gasteiger partial charge in [0.05, 0.1) is 0 Å². The Morgan fingerprint density at radius 3 is 2.03 bits per heavy atom. The average molecular weight is 1090 g/mol. The highest BCUT2D eigenvalue weighted by Crippen LogP contribution is 2.43. The van der Waals surface area contributed by atoms with Gasteiger partial charge in [-0.15, -0.1) is 11.8 Å². The fourth-order valence-corrected chi connectivity index (χ4v) is 11.9. The first-order chi connectivity index (χ1) is 35.4. The van der Waals surface area contributed by atoms with Gasteiger partial charge < -0.3 is 25.2 Å². The first-order valence-electron chi connectivity index (χ1n) is 26.1. The minimum absolute atomic E-state index is 0.0374. The van der Waals surface area contributed by atoms with E-state index in [-0.39, 0.29) is 34.3 Å². The molecule has 15 heteroatoms. The van der Waals surface area contributed by atoms with E-state index in [4.69, 9.17) is 22.1 Å². The number of carbonyl (C=O) groups excluding carboxylic acids is 2. The average Bonchev–Trinajstić information content (AvgIpc) is 3.38. The van der Waals surface area contributed by atoms with E-state index in [0.29, 0.717) is 21.8 Å². The van der Waals surface area contributed by atoms with Crippen LogP contribution in [0, 0.1) is 11.3 Å². The Labute approximate surface area is 456 Å². The summed E-state index contributed by atoms with van der Waals surface area (Å²) in [4.78, 5) is 33.6. The normalized spacial score (nSPS) is 16.1. The minimum Gasteiger partial charge on any atom is -0.444 e. The van der Waals surface area contributed by atoms with Crippen LogP contribution < -0.4 is 15.4 Å². The molecule has 8 nitrogen and oxygen atoms in total. The lowest BCUT2D eigenvalue weighted by Gasteiger charge is -2.46. The van der Waals surface area contributed by atoms with E-state index in [9.17, 15) is 22.8 Å². The summed E-state index contributed by atoms with van der Waals surface area (Å²) >= 11 is 8.74. The van der Waals surface area contributed by atoms with Crippen LogP contribution in [0.4, 0.5) is 29.3 Å². The highest BCUT2D eigenvalue weighted by molar-refractivity contribution is 8.00. The third-order valence-electron chi connectivity index (χ3n) is 13.5. The number of piperidine rings is 3. The molecule has 5 aromatic carbocycles. The van der Waals surface area contributed by atoms with Crippen LogP contribution >= 0.6 is 47.1 Å². The third-order valence-corrected chi connectivity index (χ3v) is 16.5. The number of hydrogen-bond acceptors (Lipinski definition) is 9. The summed E-state index contributed by atoms with van der Waals surface area (Å²) in [6.45, 7) is 17.3. The van der Waals surface area contributed by atoms with Gasteiger partial charge in [0.15, 0.2) is 0 Å². The molecule has 3 aliphatic rings. The van der Waals surface area contributed by atoms with Crippen molar-refractivity contribution in [2.24, 2.45) is 11.3 Å². The van der Waals surface area contributed by atoms with E-state index in [2.05, 4.69) is 95.1 Å². The van der Waals surface area contributed by atoms with Crippen molar-refractivity contribution in [1.29, 1.82) is 0 Å². The predicted molar refractivity (Wildman–Crippen MR) is 306 cm³/mol. The molecule has 0 radical (unpaired) electrons. The topological polar surface area (TPSA) is 91.1 Å². The SMILES string of the molecule is CC(C)(C)OC(=O)N1CCC2(CCN(CCCCSc3ccccc3)CC2)CC1.CCC.Nc1ccc(SNC(=O)c2ccc(N3CCC(Cc4ccccc4-c4ccc(Cl)cc4)CC3)cc2)cc1SC(F)(F)F. The Hall–Kier alpha value is -4.47. The molecule has 3 saturated heterocycles. The number of benzene rings is 5. The van der Waals surface area contributed by atoms with Crippen LogP contribution in [0.5, 0.6) is 0 Å². The second-order valence-electron chi connectivity index (χ2n) is 20.5. The van der Waals surface area contributed by atoms with Crippen molar-refractivity contribution in [2.45, 2.75) is 125 Å². The Bertz CT molecular complexity index is 2490. The van der Waals surface area contributed by atoms with E-state index < -0.39 is 11.1 Å². The summed E-state index contributed by atoms with van der Waals surface area (Å²) in [7, 11) is 0. The maximum absolute atomic E-state index is 12.8. The van der Waals surface area contributed by atoms with E-state index in [1.165, 1.54) is 91.2 Å². The quantitative estimate of drug-likeness (QED) is 0.0488. The third kappa shape index (κ3) is 19.3. The van der Waals surface area contributed by atoms with Crippen molar-refractivity contribution < 1.29 is 27.5 Å². The molecule has 1 spiro atoms. The molecule has 0 unspecified atom stereocenters. The van der Waals surface area contributed by atoms with Gasteiger partial charge in [-0.2, -0.15) is 13.2 Å². The van der Waals surface area contributed by atoms with Crippen LogP contribution in [-0.4, -0.2) is 84.5 Å². The lowest BCUT2D eigenvalue weighted by atomic mass is 9.71. The minimum atomic E-state index is -4.44. The van der Waals surface area contributed by atoms with Gasteiger partial charge in [-0.1, -0.05) is 86.5 Å². The van der Waals surface area contributed by atoms with Crippen LogP contribution in [0.2, 0.25) is 5.02 Å². The second kappa shape index (κ2) is 28.6. The van der Waals surface area contributed by atoms with Gasteiger partial charge in [-0.3, -0.25) is 9.52 Å². The van der Waals surface area contributed by atoms with Gasteiger partial charge in [0, 0.05) is 62.8 Å². The molecular weight excluding hydrogens is 1020 g/mol. The van der Waals surface area contributed by atoms with E-state index in [1.807, 2.05) is 61.7 Å². The molecule has 5 aromatic rings. The first-order valence-corrected chi connectivity index (χ1v) is 29.1. The highest BCUT2D eigenvalue weighted by Gasteiger charge is 2.39. The summed E-state index contributed by atoms with van der Waals surface area (Å²) in [5, 5.41) is 0.731. The summed E-state index contributed by atoms with van der Waals surface area (Å²) in [5.41, 5.74) is 6.62. The number of halogens is 4. The van der Waals surface area contributed by atoms with Crippen molar-refractivity contribution in [3.63, 3.8) is 0 Å². The van der Waals surface area contributed by atoms with Crippen LogP contribution in [-0.2, 0) is 11.2 Å². The Morgan fingerprint density at radius 2 is 1.39 bits per heavy atom. The number of hydrogen-bond donors (Lipinski definition) is 2. The highest BCUT2D eigenvalue weighted by atomic mass is 35.5. The number of rotatable bonds is 14. The maximum Gasteiger partial charge on any atom is 0.446 e. The number of anilines is 2. The summed E-state index contributed by atoms with van der Waals surface area (Å²) in [5.74, 6) is 1.47. The first kappa shape index (κ1) is 58.8. The van der Waals surface area contributed by atoms with Crippen molar-refractivity contribution >= 4 is 70.4 Å². The van der Waals surface area contributed by atoms with Crippen LogP contribution in [0.3, 0.4) is 0 Å². The van der Waals surface area contributed by atoms with Gasteiger partial charge in [0.25, 0.3) is 5.91 Å². The molecule has 3 N–H and O–H groups in total. The molecule has 3 aliphatic heterocycles. The fourth-order valence-electron chi connectivity index (χ4n) is 9.48. The zero-order chi connectivity index (χ0) is 53.1. The number of unbranched alkanes of at least 4 members (excludes halogenated alkanes) is 1. The Kier molecular flexibility index (Phi) is 22.7. The number of carbonyl (C=O) groups is 2. The second-order valence-corrected chi connectivity index (χ2v) is 24.1. The molecule has 0 aliphatic carbocycles. The monoisotopic (exact) mass is 1090 g/mol. The smallest absolute Gasteiger partial charge is 0.444 e. The molecule has 0 atom stereocenters. The van der Waals surface area contributed by atoms with Crippen molar-refractivity contribution in [1.82, 2.24) is 14.5 Å². The van der Waals surface area contributed by atoms with E-state index in [0.717, 1.165) is 80.9 Å². The van der Waals surface area contributed by atoms with Crippen molar-refractivity contribution in [3.05, 3.63) is 137 Å². The van der Waals surface area contributed by atoms with Gasteiger partial charge in [-0.25, -0.2) is 4.79 Å². The lowest BCUT2D eigenvalue weighted by molar-refractivity contribution is -0.0328. The van der Waals surface area contributed by atoms with E-state index >= 15 is 0 Å². The van der Waals surface area contributed by atoms with Gasteiger partial charge in [0.1, 0.15) is 5.60 Å². The van der Waals surface area contributed by atoms with Gasteiger partial charge in [-0.05, 0) is 222 Å². The number of alkyl halides is 3. The zero-order valence-corrected chi connectivity index (χ0v) is 46.9. The van der Waals surface area contributed by atoms with Crippen LogP contribution in [0.15, 0.2) is 136 Å². The number of ether oxygens (including phenoxy) is 1. The molecule has 3 heterocycles. The van der Waals surface area contributed by atoms with Gasteiger partial charge >= 0.3 is 11.6 Å². The van der Waals surface area contributed by atoms with E-state index in [1.54, 1.807) is 18.2 Å². The number of nitrogens with two attached hydrogens (primary N) is 1. The molecule has 3 fully saturated rings. The standard InChI is InChI=1S/C32H29ClF3N3OS2.C24H38N2O2S.C3H8/c33-25-9-5-22(6-10-25)28-4-2-1-3-24(28)19-21-15-17-39(18-16-21)26-11-7-23(8-12-26)31(40)38-42-27-13-14-29(37)30(20-27)41-32(34,35)36;1-23(2,3)28-22(27)26-18-13-24(14-19-26)11-16-25(17-12-24)15-7-8-20-29-21-9-5-4-6-10-21;1-3-2/h1-14,20-21H,15-19,37H2,(H,38,40);4-6,9-10H,7-8,11-20H2,1-3H3;3H2,1-2H3. The number of thioether (sulfide) groups is 2. The number of nitrogen functional groups attached to an aromatic ring is 1. The molecule has 0 saturated carbocycles. The van der Waals surface area contributed by atoms with Gasteiger partial charge in [0.2, 0.25) is 0 Å². The van der Waals surface area contributed by atoms with Crippen LogP contribution in [0.25, 0.3) is 11.1 Å². The molecular formula is C59H75ClF3N5O3S3. The zero-order valence-electron chi connectivity index (χ0n) is 43.7. The molecule has 8 rings (SSSR count).